The Hall–Kier alpha value is -1.38. The molecule has 0 saturated heterocycles. The van der Waals surface area contributed by atoms with Crippen molar-refractivity contribution in [2.45, 2.75) is 24.0 Å². The molecule has 1 atom stereocenters. The van der Waals surface area contributed by atoms with Gasteiger partial charge in [-0.05, 0) is 30.9 Å². The van der Waals surface area contributed by atoms with Crippen LogP contribution in [-0.2, 0) is 10.0 Å². The molecular formula is C10H13NO6S. The number of furan rings is 1. The Bertz CT molecular complexity index is 544. The quantitative estimate of drug-likeness (QED) is 0.674. The molecular weight excluding hydrogens is 262 g/mol. The second-order valence-electron chi connectivity index (χ2n) is 4.18. The van der Waals surface area contributed by atoms with Crippen molar-refractivity contribution in [1.29, 1.82) is 0 Å². The van der Waals surface area contributed by atoms with E-state index in [1.54, 1.807) is 0 Å². The highest BCUT2D eigenvalue weighted by Gasteiger charge is 2.31. The van der Waals surface area contributed by atoms with Crippen molar-refractivity contribution in [3.05, 3.63) is 17.9 Å². The normalized spacial score (nSPS) is 17.6. The van der Waals surface area contributed by atoms with E-state index in [2.05, 4.69) is 9.14 Å². The first-order valence-corrected chi connectivity index (χ1v) is 6.89. The summed E-state index contributed by atoms with van der Waals surface area (Å²) in [5, 5.41) is 17.7. The lowest BCUT2D eigenvalue weighted by molar-refractivity contribution is 0.0656. The van der Waals surface area contributed by atoms with Gasteiger partial charge in [-0.1, -0.05) is 0 Å². The van der Waals surface area contributed by atoms with Crippen LogP contribution in [0.1, 0.15) is 23.4 Å². The number of carbonyl (C=O) groups is 1. The monoisotopic (exact) mass is 275 g/mol. The summed E-state index contributed by atoms with van der Waals surface area (Å²) in [6.45, 7) is -0.101. The molecule has 0 bridgehead atoms. The second-order valence-corrected chi connectivity index (χ2v) is 5.88. The Labute approximate surface area is 103 Å². The lowest BCUT2D eigenvalue weighted by Crippen LogP contribution is -2.33. The fourth-order valence-corrected chi connectivity index (χ4v) is 2.47. The summed E-state index contributed by atoms with van der Waals surface area (Å²) in [4.78, 5) is 10.6. The SMILES string of the molecule is O=C(O)c1ccc(S(=O)(=O)NCC(O)C2CC2)o1. The molecule has 0 radical (unpaired) electrons. The third kappa shape index (κ3) is 2.89. The summed E-state index contributed by atoms with van der Waals surface area (Å²) in [5.41, 5.74) is 0. The van der Waals surface area contributed by atoms with Crippen LogP contribution in [0.5, 0.6) is 0 Å². The van der Waals surface area contributed by atoms with Crippen LogP contribution in [0.25, 0.3) is 0 Å². The van der Waals surface area contributed by atoms with Gasteiger partial charge in [0.2, 0.25) is 10.9 Å². The molecule has 1 fully saturated rings. The maximum atomic E-state index is 11.7. The molecule has 0 spiro atoms. The van der Waals surface area contributed by atoms with Crippen LogP contribution in [-0.4, -0.2) is 37.2 Å². The Kier molecular flexibility index (Phi) is 3.42. The first-order chi connectivity index (χ1) is 8.40. The number of carboxylic acid groups (broad SMARTS) is 1. The summed E-state index contributed by atoms with van der Waals surface area (Å²) >= 11 is 0. The van der Waals surface area contributed by atoms with Gasteiger partial charge >= 0.3 is 5.97 Å². The van der Waals surface area contributed by atoms with Crippen molar-refractivity contribution in [3.63, 3.8) is 0 Å². The van der Waals surface area contributed by atoms with E-state index in [4.69, 9.17) is 5.11 Å². The van der Waals surface area contributed by atoms with Gasteiger partial charge in [0, 0.05) is 6.54 Å². The van der Waals surface area contributed by atoms with E-state index < -0.39 is 32.9 Å². The van der Waals surface area contributed by atoms with Gasteiger partial charge in [0.1, 0.15) is 0 Å². The lowest BCUT2D eigenvalue weighted by atomic mass is 10.2. The number of aliphatic hydroxyl groups excluding tert-OH is 1. The summed E-state index contributed by atoms with van der Waals surface area (Å²) in [7, 11) is -3.91. The van der Waals surface area contributed by atoms with Crippen LogP contribution in [0.15, 0.2) is 21.6 Å². The average Bonchev–Trinajstić information content (AvgIpc) is 3.02. The minimum absolute atomic E-state index is 0.101. The van der Waals surface area contributed by atoms with Gasteiger partial charge in [-0.15, -0.1) is 0 Å². The average molecular weight is 275 g/mol. The molecule has 3 N–H and O–H groups in total. The van der Waals surface area contributed by atoms with E-state index in [1.165, 1.54) is 0 Å². The molecule has 1 aliphatic carbocycles. The Morgan fingerprint density at radius 3 is 2.67 bits per heavy atom. The standard InChI is InChI=1S/C10H13NO6S/c12-7(6-1-2-6)5-11-18(15,16)9-4-3-8(17-9)10(13)14/h3-4,6-7,11-12H,1-2,5H2,(H,13,14). The van der Waals surface area contributed by atoms with Crippen molar-refractivity contribution in [2.24, 2.45) is 5.92 Å². The first kappa shape index (κ1) is 13.1. The zero-order valence-electron chi connectivity index (χ0n) is 9.37. The summed E-state index contributed by atoms with van der Waals surface area (Å²) in [6.07, 6.45) is 1.08. The highest BCUT2D eigenvalue weighted by Crippen LogP contribution is 2.32. The largest absolute Gasteiger partial charge is 0.475 e. The Morgan fingerprint density at radius 2 is 2.17 bits per heavy atom. The van der Waals surface area contributed by atoms with E-state index in [1.807, 2.05) is 0 Å². The number of hydrogen-bond donors (Lipinski definition) is 3. The van der Waals surface area contributed by atoms with E-state index >= 15 is 0 Å². The van der Waals surface area contributed by atoms with E-state index in [0.29, 0.717) is 0 Å². The van der Waals surface area contributed by atoms with Crippen LogP contribution in [0.2, 0.25) is 0 Å². The zero-order valence-corrected chi connectivity index (χ0v) is 10.2. The van der Waals surface area contributed by atoms with Gasteiger partial charge in [-0.2, -0.15) is 0 Å². The minimum Gasteiger partial charge on any atom is -0.475 e. The van der Waals surface area contributed by atoms with Gasteiger partial charge in [0.05, 0.1) is 6.10 Å². The molecule has 2 rings (SSSR count). The Morgan fingerprint density at radius 1 is 1.50 bits per heavy atom. The summed E-state index contributed by atoms with van der Waals surface area (Å²) < 4.78 is 30.3. The fraction of sp³-hybridized carbons (Fsp3) is 0.500. The highest BCUT2D eigenvalue weighted by atomic mass is 32.2. The van der Waals surface area contributed by atoms with E-state index in [0.717, 1.165) is 25.0 Å². The zero-order chi connectivity index (χ0) is 13.3. The Balaban J connectivity index is 2.02. The van der Waals surface area contributed by atoms with Gasteiger partial charge in [0.25, 0.3) is 10.0 Å². The summed E-state index contributed by atoms with van der Waals surface area (Å²) in [6, 6.07) is 2.13. The molecule has 100 valence electrons. The molecule has 0 aliphatic heterocycles. The number of hydrogen-bond acceptors (Lipinski definition) is 5. The lowest BCUT2D eigenvalue weighted by Gasteiger charge is -2.09. The number of rotatable bonds is 6. The van der Waals surface area contributed by atoms with Crippen LogP contribution in [0, 0.1) is 5.92 Å². The summed E-state index contributed by atoms with van der Waals surface area (Å²) in [5.74, 6) is -1.63. The van der Waals surface area contributed by atoms with Crippen LogP contribution in [0.3, 0.4) is 0 Å². The molecule has 0 amide bonds. The number of aliphatic hydroxyl groups is 1. The van der Waals surface area contributed by atoms with Gasteiger partial charge in [-0.3, -0.25) is 0 Å². The maximum Gasteiger partial charge on any atom is 0.371 e. The number of sulfonamides is 1. The van der Waals surface area contributed by atoms with Crippen molar-refractivity contribution >= 4 is 16.0 Å². The smallest absolute Gasteiger partial charge is 0.371 e. The predicted molar refractivity (Wildman–Crippen MR) is 59.6 cm³/mol. The van der Waals surface area contributed by atoms with Gasteiger partial charge in [0.15, 0.2) is 0 Å². The van der Waals surface area contributed by atoms with Crippen molar-refractivity contribution in [1.82, 2.24) is 4.72 Å². The van der Waals surface area contributed by atoms with E-state index in [9.17, 15) is 18.3 Å². The van der Waals surface area contributed by atoms with E-state index in [-0.39, 0.29) is 12.5 Å². The molecule has 1 heterocycles. The third-order valence-electron chi connectivity index (χ3n) is 2.71. The number of nitrogens with one attached hydrogen (secondary N) is 1. The molecule has 0 aromatic carbocycles. The van der Waals surface area contributed by atoms with Crippen molar-refractivity contribution < 1.29 is 27.8 Å². The second kappa shape index (κ2) is 4.71. The number of aromatic carboxylic acids is 1. The molecule has 1 saturated carbocycles. The van der Waals surface area contributed by atoms with Crippen LogP contribution in [0.4, 0.5) is 0 Å². The minimum atomic E-state index is -3.91. The fourth-order valence-electron chi connectivity index (χ4n) is 1.49. The number of carboxylic acids is 1. The van der Waals surface area contributed by atoms with Crippen LogP contribution >= 0.6 is 0 Å². The third-order valence-corrected chi connectivity index (χ3v) is 4.00. The van der Waals surface area contributed by atoms with Gasteiger partial charge in [-0.25, -0.2) is 17.9 Å². The molecule has 1 aromatic heterocycles. The van der Waals surface area contributed by atoms with Crippen molar-refractivity contribution in [3.8, 4) is 0 Å². The van der Waals surface area contributed by atoms with Crippen molar-refractivity contribution in [2.75, 3.05) is 6.54 Å². The molecule has 7 nitrogen and oxygen atoms in total. The highest BCUT2D eigenvalue weighted by molar-refractivity contribution is 7.89. The topological polar surface area (TPSA) is 117 Å². The molecule has 8 heteroatoms. The van der Waals surface area contributed by atoms with Gasteiger partial charge < -0.3 is 14.6 Å². The molecule has 18 heavy (non-hydrogen) atoms. The molecule has 1 unspecified atom stereocenters. The van der Waals surface area contributed by atoms with Crippen LogP contribution < -0.4 is 4.72 Å². The first-order valence-electron chi connectivity index (χ1n) is 5.41. The molecule has 1 aromatic rings. The maximum absolute atomic E-state index is 11.7. The predicted octanol–water partition coefficient (Wildman–Crippen LogP) is 0.0270. The molecule has 1 aliphatic rings.